The van der Waals surface area contributed by atoms with E-state index in [4.69, 9.17) is 0 Å². The van der Waals surface area contributed by atoms with E-state index >= 15 is 0 Å². The van der Waals surface area contributed by atoms with E-state index in [1.807, 2.05) is 30.3 Å². The first-order valence-corrected chi connectivity index (χ1v) is 9.89. The second kappa shape index (κ2) is 7.25. The second-order valence-electron chi connectivity index (χ2n) is 5.31. The Morgan fingerprint density at radius 3 is 2.28 bits per heavy atom. The summed E-state index contributed by atoms with van der Waals surface area (Å²) in [6, 6.07) is 17.2. The third-order valence-electron chi connectivity index (χ3n) is 3.60. The van der Waals surface area contributed by atoms with Crippen molar-refractivity contribution in [2.24, 2.45) is 4.40 Å². The number of sulfonamides is 1. The van der Waals surface area contributed by atoms with Crippen molar-refractivity contribution in [1.82, 2.24) is 4.90 Å². The maximum atomic E-state index is 12.7. The van der Waals surface area contributed by atoms with E-state index in [-0.39, 0.29) is 22.5 Å². The fourth-order valence-electron chi connectivity index (χ4n) is 2.41. The molecule has 2 aromatic rings. The molecule has 1 aliphatic rings. The lowest BCUT2D eigenvalue weighted by Crippen LogP contribution is -2.30. The van der Waals surface area contributed by atoms with Crippen LogP contribution in [0, 0.1) is 0 Å². The zero-order valence-electron chi connectivity index (χ0n) is 13.3. The van der Waals surface area contributed by atoms with Crippen molar-refractivity contribution in [2.75, 3.05) is 6.54 Å². The Labute approximate surface area is 151 Å². The van der Waals surface area contributed by atoms with Crippen LogP contribution in [0.2, 0.25) is 0 Å². The van der Waals surface area contributed by atoms with Gasteiger partial charge in [0.2, 0.25) is 5.91 Å². The molecule has 128 valence electrons. The number of carbonyl (C=O) groups is 1. The van der Waals surface area contributed by atoms with Crippen molar-refractivity contribution < 1.29 is 13.2 Å². The molecule has 5 nitrogen and oxygen atoms in total. The van der Waals surface area contributed by atoms with Crippen molar-refractivity contribution in [2.45, 2.75) is 10.1 Å². The minimum atomic E-state index is -3.89. The summed E-state index contributed by atoms with van der Waals surface area (Å²) in [5.74, 6) is -0.196. The van der Waals surface area contributed by atoms with Crippen molar-refractivity contribution in [1.29, 1.82) is 0 Å². The van der Waals surface area contributed by atoms with Crippen LogP contribution in [-0.4, -0.2) is 30.9 Å². The molecule has 0 radical (unpaired) electrons. The molecule has 0 aliphatic carbocycles. The average molecular weight is 372 g/mol. The molecule has 1 fully saturated rings. The summed E-state index contributed by atoms with van der Waals surface area (Å²) in [6.07, 6.45) is 1.55. The first kappa shape index (κ1) is 17.4. The number of amidine groups is 1. The second-order valence-corrected chi connectivity index (χ2v) is 7.98. The van der Waals surface area contributed by atoms with Crippen molar-refractivity contribution in [3.8, 4) is 0 Å². The van der Waals surface area contributed by atoms with Crippen LogP contribution in [-0.2, 0) is 14.8 Å². The molecule has 2 aromatic carbocycles. The zero-order chi connectivity index (χ0) is 17.9. The Bertz CT molecular complexity index is 910. The van der Waals surface area contributed by atoms with Gasteiger partial charge < -0.3 is 0 Å². The van der Waals surface area contributed by atoms with E-state index in [0.717, 1.165) is 17.3 Å². The molecule has 1 aliphatic heterocycles. The van der Waals surface area contributed by atoms with Gasteiger partial charge in [0.1, 0.15) is 5.25 Å². The topological polar surface area (TPSA) is 66.8 Å². The zero-order valence-corrected chi connectivity index (χ0v) is 14.9. The lowest BCUT2D eigenvalue weighted by molar-refractivity contribution is -0.125. The minimum Gasteiger partial charge on any atom is -0.285 e. The quantitative estimate of drug-likeness (QED) is 0.756. The van der Waals surface area contributed by atoms with E-state index in [1.165, 1.54) is 17.0 Å². The third kappa shape index (κ3) is 3.67. The molecule has 0 unspecified atom stereocenters. The molecular weight excluding hydrogens is 356 g/mol. The van der Waals surface area contributed by atoms with Gasteiger partial charge >= 0.3 is 0 Å². The van der Waals surface area contributed by atoms with E-state index in [2.05, 4.69) is 11.0 Å². The molecule has 0 N–H and O–H groups in total. The maximum absolute atomic E-state index is 12.7. The van der Waals surface area contributed by atoms with Gasteiger partial charge in [-0.05, 0) is 17.7 Å². The van der Waals surface area contributed by atoms with Crippen molar-refractivity contribution in [3.05, 3.63) is 78.9 Å². The summed E-state index contributed by atoms with van der Waals surface area (Å²) in [7, 11) is -3.89. The highest BCUT2D eigenvalue weighted by molar-refractivity contribution is 8.15. The van der Waals surface area contributed by atoms with Gasteiger partial charge in [0.15, 0.2) is 5.17 Å². The predicted molar refractivity (Wildman–Crippen MR) is 99.7 cm³/mol. The van der Waals surface area contributed by atoms with Crippen LogP contribution >= 0.6 is 11.8 Å². The Morgan fingerprint density at radius 1 is 1.08 bits per heavy atom. The standard InChI is InChI=1S/C18H16N2O3S2/c1-2-13-20-17(21)16(14-9-5-3-6-10-14)24-18(20)19-25(22,23)15-11-7-4-8-12-15/h2-12,16H,1,13H2/t16-/m1/s1. The van der Waals surface area contributed by atoms with Gasteiger partial charge in [-0.15, -0.1) is 11.0 Å². The highest BCUT2D eigenvalue weighted by Gasteiger charge is 2.39. The van der Waals surface area contributed by atoms with Crippen LogP contribution < -0.4 is 0 Å². The lowest BCUT2D eigenvalue weighted by Gasteiger charge is -2.13. The minimum absolute atomic E-state index is 0.0947. The van der Waals surface area contributed by atoms with Crippen molar-refractivity contribution in [3.63, 3.8) is 0 Å². The van der Waals surface area contributed by atoms with Crippen LogP contribution in [0.4, 0.5) is 0 Å². The number of benzene rings is 2. The molecule has 7 heteroatoms. The van der Waals surface area contributed by atoms with Crippen LogP contribution in [0.1, 0.15) is 10.8 Å². The SMILES string of the molecule is C=CCN1C(=O)[C@@H](c2ccccc2)SC1=NS(=O)(=O)c1ccccc1. The molecule has 1 heterocycles. The molecule has 1 atom stereocenters. The molecule has 25 heavy (non-hydrogen) atoms. The van der Waals surface area contributed by atoms with Crippen LogP contribution in [0.25, 0.3) is 0 Å². The van der Waals surface area contributed by atoms with E-state index in [9.17, 15) is 13.2 Å². The molecule has 3 rings (SSSR count). The fraction of sp³-hybridized carbons (Fsp3) is 0.111. The Balaban J connectivity index is 1.99. The summed E-state index contributed by atoms with van der Waals surface area (Å²) < 4.78 is 29.0. The van der Waals surface area contributed by atoms with Gasteiger partial charge in [-0.1, -0.05) is 66.4 Å². The first-order chi connectivity index (χ1) is 12.0. The Hall–Kier alpha value is -2.38. The van der Waals surface area contributed by atoms with E-state index in [1.54, 1.807) is 24.3 Å². The third-order valence-corrected chi connectivity index (χ3v) is 6.23. The normalized spacial score (nSPS) is 19.4. The van der Waals surface area contributed by atoms with Gasteiger partial charge in [-0.3, -0.25) is 9.69 Å². The van der Waals surface area contributed by atoms with E-state index < -0.39 is 15.3 Å². The molecule has 0 saturated carbocycles. The number of amides is 1. The highest BCUT2D eigenvalue weighted by atomic mass is 32.2. The predicted octanol–water partition coefficient (Wildman–Crippen LogP) is 3.23. The van der Waals surface area contributed by atoms with Gasteiger partial charge in [0, 0.05) is 6.54 Å². The number of rotatable bonds is 5. The number of hydrogen-bond acceptors (Lipinski definition) is 4. The Morgan fingerprint density at radius 2 is 1.68 bits per heavy atom. The molecule has 0 spiro atoms. The van der Waals surface area contributed by atoms with Crippen LogP contribution in [0.15, 0.2) is 82.6 Å². The summed E-state index contributed by atoms with van der Waals surface area (Å²) in [5.41, 5.74) is 0.814. The monoisotopic (exact) mass is 372 g/mol. The van der Waals surface area contributed by atoms with Gasteiger partial charge in [-0.2, -0.15) is 8.42 Å². The maximum Gasteiger partial charge on any atom is 0.284 e. The lowest BCUT2D eigenvalue weighted by atomic mass is 10.1. The Kier molecular flexibility index (Phi) is 5.06. The number of hydrogen-bond donors (Lipinski definition) is 0. The van der Waals surface area contributed by atoms with Crippen LogP contribution in [0.5, 0.6) is 0 Å². The average Bonchev–Trinajstić information content (AvgIpc) is 2.93. The summed E-state index contributed by atoms with van der Waals surface area (Å²) >= 11 is 1.14. The molecule has 1 amide bonds. The van der Waals surface area contributed by atoms with Crippen LogP contribution in [0.3, 0.4) is 0 Å². The van der Waals surface area contributed by atoms with Gasteiger partial charge in [0.05, 0.1) is 4.90 Å². The summed E-state index contributed by atoms with van der Waals surface area (Å²) in [4.78, 5) is 14.2. The summed E-state index contributed by atoms with van der Waals surface area (Å²) in [5, 5.41) is -0.339. The molecular formula is C18H16N2O3S2. The molecule has 0 aromatic heterocycles. The molecule has 0 bridgehead atoms. The summed E-state index contributed by atoms with van der Waals surface area (Å²) in [6.45, 7) is 3.84. The van der Waals surface area contributed by atoms with E-state index in [0.29, 0.717) is 0 Å². The van der Waals surface area contributed by atoms with Crippen molar-refractivity contribution >= 4 is 32.9 Å². The first-order valence-electron chi connectivity index (χ1n) is 7.57. The van der Waals surface area contributed by atoms with Gasteiger partial charge in [0.25, 0.3) is 10.0 Å². The van der Waals surface area contributed by atoms with Gasteiger partial charge in [-0.25, -0.2) is 0 Å². The largest absolute Gasteiger partial charge is 0.285 e. The highest BCUT2D eigenvalue weighted by Crippen LogP contribution is 2.39. The molecule has 1 saturated heterocycles. The number of nitrogens with zero attached hydrogens (tertiary/aromatic N) is 2. The number of carbonyl (C=O) groups excluding carboxylic acids is 1. The smallest absolute Gasteiger partial charge is 0.284 e. The fourth-order valence-corrected chi connectivity index (χ4v) is 4.81. The number of thioether (sulfide) groups is 1.